The number of ether oxygens (including phenoxy) is 1. The largest absolute Gasteiger partial charge is 0.463 e. The molecule has 0 aliphatic heterocycles. The van der Waals surface area contributed by atoms with Crippen molar-refractivity contribution in [3.05, 3.63) is 42.0 Å². The zero-order valence-corrected chi connectivity index (χ0v) is 12.5. The summed E-state index contributed by atoms with van der Waals surface area (Å²) in [6.45, 7) is 1.64. The van der Waals surface area contributed by atoms with E-state index in [1.54, 1.807) is 6.08 Å². The lowest BCUT2D eigenvalue weighted by Gasteiger charge is -2.08. The summed E-state index contributed by atoms with van der Waals surface area (Å²) in [5, 5.41) is 0. The van der Waals surface area contributed by atoms with E-state index in [4.69, 9.17) is 4.74 Å². The number of nitrogens with zero attached hydrogens (tertiary/aromatic N) is 1. The van der Waals surface area contributed by atoms with Crippen LogP contribution in [0.2, 0.25) is 0 Å². The molecule has 0 aromatic heterocycles. The quantitative estimate of drug-likeness (QED) is 0.393. The van der Waals surface area contributed by atoms with Gasteiger partial charge in [-0.2, -0.15) is 0 Å². The third-order valence-electron chi connectivity index (χ3n) is 2.96. The van der Waals surface area contributed by atoms with Crippen LogP contribution in [-0.2, 0) is 9.53 Å². The first-order chi connectivity index (χ1) is 9.68. The molecule has 0 radical (unpaired) electrons. The smallest absolute Gasteiger partial charge is 0.330 e. The SMILES string of the molecule is CN(C)CCCCCCOC(=O)/C=C/c1ccccc1. The molecule has 1 aromatic rings. The van der Waals surface area contributed by atoms with Crippen molar-refractivity contribution in [1.29, 1.82) is 0 Å². The number of hydrogen-bond acceptors (Lipinski definition) is 3. The van der Waals surface area contributed by atoms with Gasteiger partial charge in [0.1, 0.15) is 0 Å². The van der Waals surface area contributed by atoms with Crippen LogP contribution >= 0.6 is 0 Å². The Hall–Kier alpha value is -1.61. The number of esters is 1. The molecule has 0 N–H and O–H groups in total. The van der Waals surface area contributed by atoms with Crippen molar-refractivity contribution in [2.75, 3.05) is 27.2 Å². The summed E-state index contributed by atoms with van der Waals surface area (Å²) >= 11 is 0. The Kier molecular flexibility index (Phi) is 8.40. The Morgan fingerprint density at radius 1 is 1.10 bits per heavy atom. The van der Waals surface area contributed by atoms with Gasteiger partial charge in [-0.3, -0.25) is 0 Å². The maximum absolute atomic E-state index is 11.5. The molecule has 0 saturated heterocycles. The number of unbranched alkanes of at least 4 members (excludes halogenated alkanes) is 3. The van der Waals surface area contributed by atoms with Gasteiger partial charge in [0.05, 0.1) is 6.61 Å². The van der Waals surface area contributed by atoms with E-state index in [9.17, 15) is 4.79 Å². The van der Waals surface area contributed by atoms with Crippen LogP contribution in [0.4, 0.5) is 0 Å². The molecule has 0 aliphatic rings. The molecular weight excluding hydrogens is 250 g/mol. The molecule has 0 unspecified atom stereocenters. The highest BCUT2D eigenvalue weighted by atomic mass is 16.5. The van der Waals surface area contributed by atoms with Gasteiger partial charge in [0.15, 0.2) is 0 Å². The molecule has 1 rings (SSSR count). The van der Waals surface area contributed by atoms with E-state index in [1.165, 1.54) is 18.9 Å². The lowest BCUT2D eigenvalue weighted by atomic mass is 10.2. The van der Waals surface area contributed by atoms with Gasteiger partial charge in [0.2, 0.25) is 0 Å². The summed E-state index contributed by atoms with van der Waals surface area (Å²) in [6, 6.07) is 9.74. The Morgan fingerprint density at radius 3 is 2.50 bits per heavy atom. The van der Waals surface area contributed by atoms with Crippen LogP contribution in [0, 0.1) is 0 Å². The molecule has 0 fully saturated rings. The highest BCUT2D eigenvalue weighted by Crippen LogP contribution is 2.03. The Bertz CT molecular complexity index is 399. The third-order valence-corrected chi connectivity index (χ3v) is 2.96. The van der Waals surface area contributed by atoms with Crippen molar-refractivity contribution in [3.8, 4) is 0 Å². The van der Waals surface area contributed by atoms with Crippen LogP contribution in [-0.4, -0.2) is 38.1 Å². The summed E-state index contributed by atoms with van der Waals surface area (Å²) in [4.78, 5) is 13.7. The zero-order chi connectivity index (χ0) is 14.6. The maximum atomic E-state index is 11.5. The van der Waals surface area contributed by atoms with Gasteiger partial charge in [-0.15, -0.1) is 0 Å². The van der Waals surface area contributed by atoms with Gasteiger partial charge >= 0.3 is 5.97 Å². The van der Waals surface area contributed by atoms with E-state index >= 15 is 0 Å². The van der Waals surface area contributed by atoms with Crippen molar-refractivity contribution in [3.63, 3.8) is 0 Å². The lowest BCUT2D eigenvalue weighted by Crippen LogP contribution is -2.12. The average molecular weight is 275 g/mol. The molecule has 0 heterocycles. The molecule has 0 saturated carbocycles. The van der Waals surface area contributed by atoms with Crippen LogP contribution in [0.15, 0.2) is 36.4 Å². The molecular formula is C17H25NO2. The molecule has 0 aliphatic carbocycles. The average Bonchev–Trinajstić information content (AvgIpc) is 2.45. The van der Waals surface area contributed by atoms with Crippen molar-refractivity contribution in [1.82, 2.24) is 4.90 Å². The summed E-state index contributed by atoms with van der Waals surface area (Å²) in [7, 11) is 4.17. The van der Waals surface area contributed by atoms with E-state index < -0.39 is 0 Å². The van der Waals surface area contributed by atoms with Gasteiger partial charge in [0, 0.05) is 6.08 Å². The first-order valence-corrected chi connectivity index (χ1v) is 7.23. The fourth-order valence-corrected chi connectivity index (χ4v) is 1.83. The van der Waals surface area contributed by atoms with Crippen molar-refractivity contribution < 1.29 is 9.53 Å². The number of hydrogen-bond donors (Lipinski definition) is 0. The fraction of sp³-hybridized carbons (Fsp3) is 0.471. The van der Waals surface area contributed by atoms with Crippen LogP contribution in [0.25, 0.3) is 6.08 Å². The lowest BCUT2D eigenvalue weighted by molar-refractivity contribution is -0.137. The predicted molar refractivity (Wildman–Crippen MR) is 83.5 cm³/mol. The van der Waals surface area contributed by atoms with Crippen molar-refractivity contribution >= 4 is 12.0 Å². The van der Waals surface area contributed by atoms with Crippen LogP contribution in [0.1, 0.15) is 31.2 Å². The van der Waals surface area contributed by atoms with Crippen LogP contribution in [0.3, 0.4) is 0 Å². The predicted octanol–water partition coefficient (Wildman–Crippen LogP) is 3.37. The first kappa shape index (κ1) is 16.4. The fourth-order valence-electron chi connectivity index (χ4n) is 1.83. The minimum absolute atomic E-state index is 0.262. The van der Waals surface area contributed by atoms with Gasteiger partial charge in [-0.25, -0.2) is 4.79 Å². The topological polar surface area (TPSA) is 29.5 Å². The molecule has 110 valence electrons. The first-order valence-electron chi connectivity index (χ1n) is 7.23. The highest BCUT2D eigenvalue weighted by molar-refractivity contribution is 5.86. The van der Waals surface area contributed by atoms with Crippen LogP contribution < -0.4 is 0 Å². The molecule has 0 bridgehead atoms. The van der Waals surface area contributed by atoms with E-state index in [-0.39, 0.29) is 5.97 Å². The van der Waals surface area contributed by atoms with E-state index in [1.807, 2.05) is 30.3 Å². The normalized spacial score (nSPS) is 11.2. The molecule has 3 heteroatoms. The van der Waals surface area contributed by atoms with Crippen LogP contribution in [0.5, 0.6) is 0 Å². The summed E-state index contributed by atoms with van der Waals surface area (Å²) in [5.74, 6) is -0.262. The Labute approximate surface area is 122 Å². The van der Waals surface area contributed by atoms with Gasteiger partial charge in [0.25, 0.3) is 0 Å². The monoisotopic (exact) mass is 275 g/mol. The summed E-state index contributed by atoms with van der Waals surface area (Å²) in [6.07, 6.45) is 7.72. The second kappa shape index (κ2) is 10.2. The second-order valence-electron chi connectivity index (χ2n) is 5.13. The molecule has 0 spiro atoms. The second-order valence-corrected chi connectivity index (χ2v) is 5.13. The maximum Gasteiger partial charge on any atom is 0.330 e. The highest BCUT2D eigenvalue weighted by Gasteiger charge is 1.97. The number of carbonyl (C=O) groups is 1. The molecule has 1 aromatic carbocycles. The molecule has 20 heavy (non-hydrogen) atoms. The van der Waals surface area contributed by atoms with E-state index in [0.717, 1.165) is 24.9 Å². The number of benzene rings is 1. The van der Waals surface area contributed by atoms with Crippen molar-refractivity contribution in [2.24, 2.45) is 0 Å². The standard InChI is InChI=1S/C17H25NO2/c1-18(2)14-8-3-4-9-15-20-17(19)13-12-16-10-6-5-7-11-16/h5-7,10-13H,3-4,8-9,14-15H2,1-2H3/b13-12+. The third kappa shape index (κ3) is 8.48. The molecule has 3 nitrogen and oxygen atoms in total. The number of rotatable bonds is 9. The minimum atomic E-state index is -0.262. The Balaban J connectivity index is 2.05. The molecule has 0 atom stereocenters. The van der Waals surface area contributed by atoms with Gasteiger partial charge in [-0.05, 0) is 45.1 Å². The van der Waals surface area contributed by atoms with E-state index in [0.29, 0.717) is 6.61 Å². The summed E-state index contributed by atoms with van der Waals surface area (Å²) in [5.41, 5.74) is 1.01. The summed E-state index contributed by atoms with van der Waals surface area (Å²) < 4.78 is 5.16. The van der Waals surface area contributed by atoms with Gasteiger partial charge in [-0.1, -0.05) is 43.2 Å². The van der Waals surface area contributed by atoms with Crippen molar-refractivity contribution in [2.45, 2.75) is 25.7 Å². The van der Waals surface area contributed by atoms with Gasteiger partial charge < -0.3 is 9.64 Å². The minimum Gasteiger partial charge on any atom is -0.463 e. The zero-order valence-electron chi connectivity index (χ0n) is 12.5. The van der Waals surface area contributed by atoms with E-state index in [2.05, 4.69) is 19.0 Å². The molecule has 0 amide bonds. The Morgan fingerprint density at radius 2 is 1.80 bits per heavy atom. The number of carbonyl (C=O) groups excluding carboxylic acids is 1.